The number of fused-ring (bicyclic) bond motifs is 3. The van der Waals surface area contributed by atoms with E-state index in [1.165, 1.54) is 9.36 Å². The van der Waals surface area contributed by atoms with Gasteiger partial charge in [0.15, 0.2) is 5.78 Å². The fourth-order valence-electron chi connectivity index (χ4n) is 4.21. The van der Waals surface area contributed by atoms with Gasteiger partial charge in [0.05, 0.1) is 16.5 Å². The predicted molar refractivity (Wildman–Crippen MR) is 99.1 cm³/mol. The van der Waals surface area contributed by atoms with Gasteiger partial charge >= 0.3 is 0 Å². The summed E-state index contributed by atoms with van der Waals surface area (Å²) in [4.78, 5) is 39.2. The lowest BCUT2D eigenvalue weighted by Crippen LogP contribution is -2.37. The smallest absolute Gasteiger partial charge is 0.277 e. The summed E-state index contributed by atoms with van der Waals surface area (Å²) in [5.41, 5.74) is 1.65. The first-order valence-electron chi connectivity index (χ1n) is 8.76. The highest BCUT2D eigenvalue weighted by atomic mass is 16.2. The second kappa shape index (κ2) is 5.39. The van der Waals surface area contributed by atoms with Crippen LogP contribution in [0.2, 0.25) is 0 Å². The zero-order valence-electron chi connectivity index (χ0n) is 14.0. The Hall–Kier alpha value is -3.21. The third kappa shape index (κ3) is 1.88. The van der Waals surface area contributed by atoms with Crippen LogP contribution in [0.1, 0.15) is 30.9 Å². The lowest BCUT2D eigenvalue weighted by atomic mass is 9.88. The van der Waals surface area contributed by atoms with Gasteiger partial charge in [0.2, 0.25) is 0 Å². The number of Topliss-reactive ketones (excluding diaryl/α,β-unsaturated/α-hetero) is 1. The summed E-state index contributed by atoms with van der Waals surface area (Å²) in [5.74, 6) is 0.0270. The molecule has 2 aliphatic rings. The van der Waals surface area contributed by atoms with Crippen molar-refractivity contribution in [3.8, 4) is 0 Å². The first kappa shape index (κ1) is 15.1. The van der Waals surface area contributed by atoms with Crippen LogP contribution in [0.25, 0.3) is 16.5 Å². The van der Waals surface area contributed by atoms with Crippen molar-refractivity contribution in [2.45, 2.75) is 25.3 Å². The van der Waals surface area contributed by atoms with Crippen molar-refractivity contribution in [3.63, 3.8) is 0 Å². The normalized spacial score (nSPS) is 18.9. The molecule has 0 bridgehead atoms. The van der Waals surface area contributed by atoms with Crippen LogP contribution in [-0.2, 0) is 4.79 Å². The number of nitrogens with zero attached hydrogens (tertiary/aromatic N) is 2. The molecule has 0 radical (unpaired) electrons. The molecule has 1 aromatic heterocycles. The van der Waals surface area contributed by atoms with Gasteiger partial charge in [-0.3, -0.25) is 14.4 Å². The number of hydrogen-bond donors (Lipinski definition) is 0. The summed E-state index contributed by atoms with van der Waals surface area (Å²) >= 11 is 0. The Bertz CT molecular complexity index is 1220. The molecule has 1 aliphatic carbocycles. The Morgan fingerprint density at radius 1 is 0.769 bits per heavy atom. The minimum absolute atomic E-state index is 0.0270. The van der Waals surface area contributed by atoms with E-state index in [-0.39, 0.29) is 16.9 Å². The molecule has 0 saturated heterocycles. The highest BCUT2D eigenvalue weighted by Crippen LogP contribution is 2.40. The average molecular weight is 344 g/mol. The molecule has 26 heavy (non-hydrogen) atoms. The molecule has 1 aliphatic heterocycles. The average Bonchev–Trinajstić information content (AvgIpc) is 3.04. The minimum Gasteiger partial charge on any atom is -0.294 e. The summed E-state index contributed by atoms with van der Waals surface area (Å²) in [6.45, 7) is 0. The summed E-state index contributed by atoms with van der Waals surface area (Å²) in [6.07, 6.45) is 1.79. The van der Waals surface area contributed by atoms with E-state index in [1.807, 2.05) is 30.3 Å². The monoisotopic (exact) mass is 344 g/mol. The molecule has 5 heteroatoms. The SMILES string of the molecule is O=C1CCCC2=C1[C@H](c1ccccc1)n1c(=O)c3ccccc3c(=O)n12. The van der Waals surface area contributed by atoms with Gasteiger partial charge < -0.3 is 0 Å². The Kier molecular flexibility index (Phi) is 3.13. The first-order chi connectivity index (χ1) is 12.7. The fraction of sp³-hybridized carbons (Fsp3) is 0.190. The van der Waals surface area contributed by atoms with Crippen LogP contribution in [0.3, 0.4) is 0 Å². The van der Waals surface area contributed by atoms with Crippen LogP contribution in [0.5, 0.6) is 0 Å². The second-order valence-electron chi connectivity index (χ2n) is 6.76. The van der Waals surface area contributed by atoms with Gasteiger partial charge in [0, 0.05) is 12.0 Å². The maximum Gasteiger partial charge on any atom is 0.277 e. The van der Waals surface area contributed by atoms with Crippen LogP contribution in [0, 0.1) is 0 Å². The van der Waals surface area contributed by atoms with Crippen molar-refractivity contribution < 1.29 is 4.79 Å². The van der Waals surface area contributed by atoms with E-state index in [0.29, 0.717) is 41.3 Å². The van der Waals surface area contributed by atoms with Gasteiger partial charge in [-0.05, 0) is 30.5 Å². The molecule has 5 nitrogen and oxygen atoms in total. The van der Waals surface area contributed by atoms with Gasteiger partial charge in [0.25, 0.3) is 11.1 Å². The fourth-order valence-corrected chi connectivity index (χ4v) is 4.21. The number of carbonyl (C=O) groups is 1. The minimum atomic E-state index is -0.538. The molecular weight excluding hydrogens is 328 g/mol. The maximum absolute atomic E-state index is 13.3. The van der Waals surface area contributed by atoms with Gasteiger partial charge in [-0.1, -0.05) is 42.5 Å². The molecule has 0 N–H and O–H groups in total. The number of carbonyl (C=O) groups excluding carboxylic acids is 1. The Morgan fingerprint density at radius 2 is 1.42 bits per heavy atom. The Morgan fingerprint density at radius 3 is 2.15 bits per heavy atom. The van der Waals surface area contributed by atoms with E-state index in [1.54, 1.807) is 24.3 Å². The molecule has 0 saturated carbocycles. The molecule has 3 aromatic rings. The standard InChI is InChI=1S/C21H16N2O3/c24-17-12-6-11-16-18(17)19(13-7-2-1-3-8-13)23-21(26)15-10-5-4-9-14(15)20(25)22(16)23/h1-5,7-10,19H,6,11-12H2/t19-/m0/s1. The summed E-state index contributed by atoms with van der Waals surface area (Å²) in [7, 11) is 0. The number of ketones is 1. The van der Waals surface area contributed by atoms with E-state index in [2.05, 4.69) is 0 Å². The Balaban J connectivity index is 1.95. The highest BCUT2D eigenvalue weighted by molar-refractivity contribution is 6.04. The lowest BCUT2D eigenvalue weighted by Gasteiger charge is -2.18. The summed E-state index contributed by atoms with van der Waals surface area (Å²) < 4.78 is 2.93. The van der Waals surface area contributed by atoms with Crippen molar-refractivity contribution >= 4 is 22.3 Å². The molecular formula is C21H16N2O3. The molecule has 0 spiro atoms. The van der Waals surface area contributed by atoms with E-state index in [4.69, 9.17) is 0 Å². The van der Waals surface area contributed by atoms with Crippen molar-refractivity contribution in [2.75, 3.05) is 0 Å². The quantitative estimate of drug-likeness (QED) is 0.682. The van der Waals surface area contributed by atoms with Gasteiger partial charge in [-0.2, -0.15) is 0 Å². The van der Waals surface area contributed by atoms with Gasteiger partial charge in [-0.25, -0.2) is 9.36 Å². The number of allylic oxidation sites excluding steroid dienone is 2. The second-order valence-corrected chi connectivity index (χ2v) is 6.76. The van der Waals surface area contributed by atoms with E-state index >= 15 is 0 Å². The largest absolute Gasteiger partial charge is 0.294 e. The Labute approximate surface area is 148 Å². The van der Waals surface area contributed by atoms with Crippen molar-refractivity contribution in [2.24, 2.45) is 0 Å². The van der Waals surface area contributed by atoms with E-state index < -0.39 is 6.04 Å². The van der Waals surface area contributed by atoms with Crippen LogP contribution < -0.4 is 11.1 Å². The highest BCUT2D eigenvalue weighted by Gasteiger charge is 2.39. The molecule has 128 valence electrons. The van der Waals surface area contributed by atoms with E-state index in [0.717, 1.165) is 5.56 Å². The topological polar surface area (TPSA) is 61.1 Å². The molecule has 0 amide bonds. The number of aromatic nitrogens is 2. The third-order valence-corrected chi connectivity index (χ3v) is 5.32. The summed E-state index contributed by atoms with van der Waals surface area (Å²) in [6, 6.07) is 15.8. The van der Waals surface area contributed by atoms with E-state index in [9.17, 15) is 14.4 Å². The zero-order valence-corrected chi connectivity index (χ0v) is 14.0. The molecule has 2 aromatic carbocycles. The lowest BCUT2D eigenvalue weighted by molar-refractivity contribution is -0.116. The first-order valence-corrected chi connectivity index (χ1v) is 8.76. The summed E-state index contributed by atoms with van der Waals surface area (Å²) in [5, 5.41) is 0.786. The van der Waals surface area contributed by atoms with Crippen LogP contribution in [-0.4, -0.2) is 15.1 Å². The predicted octanol–water partition coefficient (Wildman–Crippen LogP) is 2.73. The third-order valence-electron chi connectivity index (χ3n) is 5.32. The molecule has 0 unspecified atom stereocenters. The van der Waals surface area contributed by atoms with Crippen LogP contribution >= 0.6 is 0 Å². The maximum atomic E-state index is 13.3. The molecule has 5 rings (SSSR count). The number of rotatable bonds is 1. The number of benzene rings is 2. The zero-order chi connectivity index (χ0) is 17.8. The molecule has 1 atom stereocenters. The van der Waals surface area contributed by atoms with Gasteiger partial charge in [0.1, 0.15) is 6.04 Å². The number of hydrogen-bond acceptors (Lipinski definition) is 3. The van der Waals surface area contributed by atoms with Crippen molar-refractivity contribution in [1.82, 2.24) is 9.36 Å². The van der Waals surface area contributed by atoms with Crippen molar-refractivity contribution in [1.29, 1.82) is 0 Å². The van der Waals surface area contributed by atoms with Crippen LogP contribution in [0.4, 0.5) is 0 Å². The molecule has 2 heterocycles. The van der Waals surface area contributed by atoms with Crippen LogP contribution in [0.15, 0.2) is 69.8 Å². The van der Waals surface area contributed by atoms with Crippen molar-refractivity contribution in [3.05, 3.63) is 86.4 Å². The molecule has 0 fully saturated rings. The van der Waals surface area contributed by atoms with Gasteiger partial charge in [-0.15, -0.1) is 0 Å².